The van der Waals surface area contributed by atoms with Crippen LogP contribution in [0, 0.1) is 0 Å². The summed E-state index contributed by atoms with van der Waals surface area (Å²) < 4.78 is 4.90. The minimum absolute atomic E-state index is 0. The monoisotopic (exact) mass is 203 g/mol. The molecule has 3 N–H and O–H groups in total. The van der Waals surface area contributed by atoms with Crippen molar-refractivity contribution < 1.29 is 9.84 Å². The maximum absolute atomic E-state index is 9.00. The Morgan fingerprint density at radius 1 is 1.38 bits per heavy atom. The minimum atomic E-state index is -0.115. The van der Waals surface area contributed by atoms with Crippen LogP contribution in [-0.4, -0.2) is 18.8 Å². The molecule has 1 atom stereocenters. The van der Waals surface area contributed by atoms with Gasteiger partial charge in [-0.2, -0.15) is 0 Å². The first kappa shape index (κ1) is 12.2. The van der Waals surface area contributed by atoms with E-state index in [4.69, 9.17) is 15.6 Å². The van der Waals surface area contributed by atoms with E-state index in [9.17, 15) is 0 Å². The molecule has 0 heterocycles. The molecule has 0 aliphatic rings. The standard InChI is InChI=1S/C9H13NO2.ClH/c1-12-6-9(10)7-2-4-8(11)5-3-7;/h2-5,9,11H,6,10H2,1H3;1H/t9-;/m0./s1. The summed E-state index contributed by atoms with van der Waals surface area (Å²) in [5.41, 5.74) is 6.72. The Kier molecular flexibility index (Phi) is 5.46. The summed E-state index contributed by atoms with van der Waals surface area (Å²) in [4.78, 5) is 0. The highest BCUT2D eigenvalue weighted by Crippen LogP contribution is 2.14. The molecule has 0 aromatic heterocycles. The number of nitrogens with two attached hydrogens (primary N) is 1. The van der Waals surface area contributed by atoms with Gasteiger partial charge >= 0.3 is 0 Å². The third kappa shape index (κ3) is 3.63. The van der Waals surface area contributed by atoms with Gasteiger partial charge in [0.05, 0.1) is 12.6 Å². The van der Waals surface area contributed by atoms with Gasteiger partial charge in [-0.25, -0.2) is 0 Å². The zero-order chi connectivity index (χ0) is 8.97. The van der Waals surface area contributed by atoms with Crippen LogP contribution in [-0.2, 0) is 4.74 Å². The molecular weight excluding hydrogens is 190 g/mol. The normalized spacial score (nSPS) is 11.8. The van der Waals surface area contributed by atoms with Gasteiger partial charge in [-0.3, -0.25) is 0 Å². The predicted octanol–water partition coefficient (Wildman–Crippen LogP) is 1.46. The fourth-order valence-corrected chi connectivity index (χ4v) is 0.997. The lowest BCUT2D eigenvalue weighted by molar-refractivity contribution is 0.181. The molecule has 0 aliphatic carbocycles. The van der Waals surface area contributed by atoms with Crippen LogP contribution in [0.5, 0.6) is 5.75 Å². The zero-order valence-corrected chi connectivity index (χ0v) is 8.25. The third-order valence-electron chi connectivity index (χ3n) is 1.67. The Labute approximate surface area is 83.9 Å². The molecule has 0 bridgehead atoms. The summed E-state index contributed by atoms with van der Waals surface area (Å²) in [7, 11) is 1.61. The van der Waals surface area contributed by atoms with Gasteiger partial charge < -0.3 is 15.6 Å². The Morgan fingerprint density at radius 2 is 1.92 bits per heavy atom. The van der Waals surface area contributed by atoms with Crippen molar-refractivity contribution >= 4 is 12.4 Å². The second-order valence-corrected chi connectivity index (χ2v) is 2.65. The number of rotatable bonds is 3. The van der Waals surface area contributed by atoms with E-state index in [1.807, 2.05) is 0 Å². The molecule has 0 saturated carbocycles. The highest BCUT2D eigenvalue weighted by atomic mass is 35.5. The van der Waals surface area contributed by atoms with E-state index in [-0.39, 0.29) is 24.2 Å². The van der Waals surface area contributed by atoms with Crippen LogP contribution in [0.3, 0.4) is 0 Å². The lowest BCUT2D eigenvalue weighted by Crippen LogP contribution is -2.15. The number of benzene rings is 1. The second kappa shape index (κ2) is 5.80. The van der Waals surface area contributed by atoms with Crippen LogP contribution < -0.4 is 5.73 Å². The molecule has 13 heavy (non-hydrogen) atoms. The lowest BCUT2D eigenvalue weighted by atomic mass is 10.1. The maximum Gasteiger partial charge on any atom is 0.115 e. The fraction of sp³-hybridized carbons (Fsp3) is 0.333. The number of hydrogen-bond donors (Lipinski definition) is 2. The number of aromatic hydroxyl groups is 1. The number of halogens is 1. The van der Waals surface area contributed by atoms with Gasteiger partial charge in [0.2, 0.25) is 0 Å². The average molecular weight is 204 g/mol. The van der Waals surface area contributed by atoms with Crippen LogP contribution in [0.2, 0.25) is 0 Å². The Morgan fingerprint density at radius 3 is 2.38 bits per heavy atom. The van der Waals surface area contributed by atoms with Crippen molar-refractivity contribution in [1.29, 1.82) is 0 Å². The first-order valence-corrected chi connectivity index (χ1v) is 3.77. The van der Waals surface area contributed by atoms with E-state index in [0.717, 1.165) is 5.56 Å². The van der Waals surface area contributed by atoms with E-state index < -0.39 is 0 Å². The Balaban J connectivity index is 0.00000144. The van der Waals surface area contributed by atoms with E-state index in [0.29, 0.717) is 6.61 Å². The van der Waals surface area contributed by atoms with E-state index in [1.165, 1.54) is 0 Å². The molecule has 0 fully saturated rings. The summed E-state index contributed by atoms with van der Waals surface area (Å²) in [6.07, 6.45) is 0. The van der Waals surface area contributed by atoms with Gasteiger partial charge in [0.15, 0.2) is 0 Å². The molecule has 0 spiro atoms. The molecule has 1 aromatic rings. The summed E-state index contributed by atoms with van der Waals surface area (Å²) in [6.45, 7) is 0.491. The highest BCUT2D eigenvalue weighted by Gasteiger charge is 2.03. The van der Waals surface area contributed by atoms with Crippen LogP contribution in [0.25, 0.3) is 0 Å². The summed E-state index contributed by atoms with van der Waals surface area (Å²) >= 11 is 0. The van der Waals surface area contributed by atoms with Crippen LogP contribution in [0.1, 0.15) is 11.6 Å². The van der Waals surface area contributed by atoms with E-state index in [1.54, 1.807) is 31.4 Å². The maximum atomic E-state index is 9.00. The van der Waals surface area contributed by atoms with Crippen molar-refractivity contribution in [3.05, 3.63) is 29.8 Å². The Bertz CT molecular complexity index is 238. The molecule has 4 heteroatoms. The Hall–Kier alpha value is -0.770. The van der Waals surface area contributed by atoms with Gasteiger partial charge in [-0.1, -0.05) is 12.1 Å². The number of hydrogen-bond acceptors (Lipinski definition) is 3. The van der Waals surface area contributed by atoms with Gasteiger partial charge in [-0.15, -0.1) is 12.4 Å². The van der Waals surface area contributed by atoms with E-state index in [2.05, 4.69) is 0 Å². The number of methoxy groups -OCH3 is 1. The van der Waals surface area contributed by atoms with Crippen molar-refractivity contribution in [2.24, 2.45) is 5.73 Å². The summed E-state index contributed by atoms with van der Waals surface area (Å²) in [5.74, 6) is 0.253. The highest BCUT2D eigenvalue weighted by molar-refractivity contribution is 5.85. The molecule has 1 rings (SSSR count). The average Bonchev–Trinajstić information content (AvgIpc) is 2.06. The topological polar surface area (TPSA) is 55.5 Å². The second-order valence-electron chi connectivity index (χ2n) is 2.65. The third-order valence-corrected chi connectivity index (χ3v) is 1.67. The number of phenolic OH excluding ortho intramolecular Hbond substituents is 1. The molecule has 3 nitrogen and oxygen atoms in total. The van der Waals surface area contributed by atoms with Crippen LogP contribution in [0.4, 0.5) is 0 Å². The van der Waals surface area contributed by atoms with Gasteiger partial charge in [0.25, 0.3) is 0 Å². The first-order chi connectivity index (χ1) is 5.74. The smallest absolute Gasteiger partial charge is 0.115 e. The first-order valence-electron chi connectivity index (χ1n) is 3.77. The van der Waals surface area contributed by atoms with Crippen molar-refractivity contribution in [1.82, 2.24) is 0 Å². The molecular formula is C9H14ClNO2. The molecule has 0 saturated heterocycles. The number of phenols is 1. The van der Waals surface area contributed by atoms with Crippen molar-refractivity contribution in [2.45, 2.75) is 6.04 Å². The molecule has 0 aliphatic heterocycles. The largest absolute Gasteiger partial charge is 0.508 e. The van der Waals surface area contributed by atoms with Crippen LogP contribution in [0.15, 0.2) is 24.3 Å². The molecule has 0 radical (unpaired) electrons. The van der Waals surface area contributed by atoms with E-state index >= 15 is 0 Å². The van der Waals surface area contributed by atoms with Crippen molar-refractivity contribution in [3.63, 3.8) is 0 Å². The van der Waals surface area contributed by atoms with Crippen molar-refractivity contribution in [2.75, 3.05) is 13.7 Å². The lowest BCUT2D eigenvalue weighted by Gasteiger charge is -2.09. The SMILES string of the molecule is COC[C@H](N)c1ccc(O)cc1.Cl. The van der Waals surface area contributed by atoms with Gasteiger partial charge in [0.1, 0.15) is 5.75 Å². The predicted molar refractivity (Wildman–Crippen MR) is 54.2 cm³/mol. The zero-order valence-electron chi connectivity index (χ0n) is 7.43. The molecule has 1 aromatic carbocycles. The quantitative estimate of drug-likeness (QED) is 0.782. The van der Waals surface area contributed by atoms with Crippen molar-refractivity contribution in [3.8, 4) is 5.75 Å². The van der Waals surface area contributed by atoms with Gasteiger partial charge in [0, 0.05) is 7.11 Å². The summed E-state index contributed by atoms with van der Waals surface area (Å²) in [6, 6.07) is 6.70. The molecule has 74 valence electrons. The number of ether oxygens (including phenoxy) is 1. The summed E-state index contributed by atoms with van der Waals surface area (Å²) in [5, 5.41) is 9.00. The van der Waals surface area contributed by atoms with Gasteiger partial charge in [-0.05, 0) is 17.7 Å². The fourth-order valence-electron chi connectivity index (χ4n) is 0.997. The molecule has 0 unspecified atom stereocenters. The minimum Gasteiger partial charge on any atom is -0.508 e. The van der Waals surface area contributed by atoms with Crippen LogP contribution >= 0.6 is 12.4 Å². The molecule has 0 amide bonds.